The van der Waals surface area contributed by atoms with Gasteiger partial charge in [-0.2, -0.15) is 0 Å². The summed E-state index contributed by atoms with van der Waals surface area (Å²) in [6, 6.07) is 12.1. The van der Waals surface area contributed by atoms with Crippen LogP contribution < -0.4 is 5.32 Å². The van der Waals surface area contributed by atoms with Crippen LogP contribution in [0.15, 0.2) is 47.4 Å². The Balaban J connectivity index is 1.64. The maximum Gasteiger partial charge on any atom is 0.286 e. The first-order chi connectivity index (χ1) is 13.8. The summed E-state index contributed by atoms with van der Waals surface area (Å²) >= 11 is 1.01. The highest BCUT2D eigenvalue weighted by molar-refractivity contribution is 8.13. The normalized spacial score (nSPS) is 12.7. The van der Waals surface area contributed by atoms with E-state index in [2.05, 4.69) is 5.32 Å². The number of nitrogens with one attached hydrogen (secondary N) is 1. The van der Waals surface area contributed by atoms with Gasteiger partial charge in [0.25, 0.3) is 17.1 Å². The zero-order valence-electron chi connectivity index (χ0n) is 16.4. The van der Waals surface area contributed by atoms with Gasteiger partial charge in [-0.25, -0.2) is 0 Å². The molecular formula is C21H21N3O4S. The Morgan fingerprint density at radius 3 is 2.45 bits per heavy atom. The van der Waals surface area contributed by atoms with Gasteiger partial charge in [0.15, 0.2) is 0 Å². The van der Waals surface area contributed by atoms with E-state index < -0.39 is 0 Å². The van der Waals surface area contributed by atoms with Gasteiger partial charge in [-0.3, -0.25) is 24.1 Å². The number of amides is 4. The largest absolute Gasteiger partial charge is 0.339 e. The number of imide groups is 1. The minimum absolute atomic E-state index is 0.0107. The molecule has 7 nitrogen and oxygen atoms in total. The number of fused-ring (bicyclic) bond motifs is 1. The molecule has 1 aliphatic rings. The van der Waals surface area contributed by atoms with Crippen LogP contribution in [0.5, 0.6) is 0 Å². The van der Waals surface area contributed by atoms with Gasteiger partial charge in [0, 0.05) is 32.0 Å². The summed E-state index contributed by atoms with van der Waals surface area (Å²) in [5, 5.41) is 2.60. The van der Waals surface area contributed by atoms with E-state index in [0.717, 1.165) is 22.2 Å². The highest BCUT2D eigenvalue weighted by atomic mass is 32.2. The predicted octanol–water partition coefficient (Wildman–Crippen LogP) is 3.39. The molecule has 0 bridgehead atoms. The molecule has 3 rings (SSSR count). The summed E-state index contributed by atoms with van der Waals surface area (Å²) in [4.78, 5) is 52.5. The van der Waals surface area contributed by atoms with Gasteiger partial charge in [0.2, 0.25) is 5.91 Å². The molecule has 29 heavy (non-hydrogen) atoms. The summed E-state index contributed by atoms with van der Waals surface area (Å²) in [7, 11) is 3.31. The van der Waals surface area contributed by atoms with Crippen LogP contribution in [0.25, 0.3) is 0 Å². The number of nitrogens with zero attached hydrogens (tertiary/aromatic N) is 2. The third kappa shape index (κ3) is 4.48. The second kappa shape index (κ2) is 8.48. The highest BCUT2D eigenvalue weighted by Gasteiger charge is 2.35. The smallest absolute Gasteiger partial charge is 0.286 e. The van der Waals surface area contributed by atoms with Crippen LogP contribution in [-0.4, -0.2) is 53.4 Å². The van der Waals surface area contributed by atoms with Crippen molar-refractivity contribution in [3.05, 3.63) is 59.2 Å². The lowest BCUT2D eigenvalue weighted by atomic mass is 10.1. The molecule has 4 amide bonds. The first kappa shape index (κ1) is 20.6. The Morgan fingerprint density at radius 2 is 1.72 bits per heavy atom. The second-order valence-electron chi connectivity index (χ2n) is 6.87. The molecule has 0 unspecified atom stereocenters. The quantitative estimate of drug-likeness (QED) is 0.602. The topological polar surface area (TPSA) is 86.8 Å². The van der Waals surface area contributed by atoms with Crippen molar-refractivity contribution >= 4 is 40.4 Å². The number of hydrogen-bond acceptors (Lipinski definition) is 5. The highest BCUT2D eigenvalue weighted by Crippen LogP contribution is 2.29. The molecule has 0 saturated carbocycles. The third-order valence-electron chi connectivity index (χ3n) is 4.41. The van der Waals surface area contributed by atoms with Crippen LogP contribution >= 0.6 is 11.8 Å². The summed E-state index contributed by atoms with van der Waals surface area (Å²) in [6.45, 7) is 1.84. The summed E-state index contributed by atoms with van der Waals surface area (Å²) in [5.74, 6) is -1.11. The number of thioether (sulfide) groups is 1. The molecule has 1 heterocycles. The summed E-state index contributed by atoms with van der Waals surface area (Å²) in [6.07, 6.45) is -0.0366. The predicted molar refractivity (Wildman–Crippen MR) is 111 cm³/mol. The number of aryl methyl sites for hydroxylation is 1. The number of carbonyl (C=O) groups excluding carboxylic acids is 4. The Morgan fingerprint density at radius 1 is 1.03 bits per heavy atom. The van der Waals surface area contributed by atoms with Gasteiger partial charge < -0.3 is 10.2 Å². The molecule has 0 aromatic heterocycles. The number of para-hydroxylation sites is 1. The molecular weight excluding hydrogens is 390 g/mol. The number of carbonyl (C=O) groups is 4. The van der Waals surface area contributed by atoms with Crippen molar-refractivity contribution in [2.75, 3.05) is 26.0 Å². The van der Waals surface area contributed by atoms with Crippen LogP contribution in [-0.2, 0) is 4.79 Å². The fraction of sp³-hybridized carbons (Fsp3) is 0.238. The summed E-state index contributed by atoms with van der Waals surface area (Å²) < 4.78 is 0. The third-order valence-corrected chi connectivity index (χ3v) is 5.53. The molecule has 0 saturated heterocycles. The van der Waals surface area contributed by atoms with E-state index in [1.807, 2.05) is 6.92 Å². The van der Waals surface area contributed by atoms with E-state index in [-0.39, 0.29) is 35.9 Å². The number of hydrogen-bond donors (Lipinski definition) is 1. The van der Waals surface area contributed by atoms with Crippen molar-refractivity contribution in [3.8, 4) is 0 Å². The molecule has 0 aliphatic carbocycles. The molecule has 0 spiro atoms. The van der Waals surface area contributed by atoms with E-state index >= 15 is 0 Å². The molecule has 1 aliphatic heterocycles. The van der Waals surface area contributed by atoms with Gasteiger partial charge in [-0.05, 0) is 43.0 Å². The molecule has 150 valence electrons. The number of rotatable bonds is 5. The lowest BCUT2D eigenvalue weighted by molar-refractivity contribution is -0.116. The fourth-order valence-electron chi connectivity index (χ4n) is 2.88. The van der Waals surface area contributed by atoms with Gasteiger partial charge in [0.1, 0.15) is 0 Å². The Bertz CT molecular complexity index is 1000. The van der Waals surface area contributed by atoms with Crippen molar-refractivity contribution in [2.24, 2.45) is 0 Å². The molecule has 2 aromatic carbocycles. The van der Waals surface area contributed by atoms with Gasteiger partial charge >= 0.3 is 0 Å². The number of anilines is 1. The maximum atomic E-state index is 12.5. The van der Waals surface area contributed by atoms with Crippen LogP contribution in [0, 0.1) is 6.92 Å². The second-order valence-corrected chi connectivity index (χ2v) is 7.86. The Labute approximate surface area is 173 Å². The first-order valence-electron chi connectivity index (χ1n) is 9.03. The monoisotopic (exact) mass is 411 g/mol. The van der Waals surface area contributed by atoms with Crippen LogP contribution in [0.4, 0.5) is 10.5 Å². The minimum Gasteiger partial charge on any atom is -0.339 e. The van der Waals surface area contributed by atoms with E-state index in [1.54, 1.807) is 56.6 Å². The van der Waals surface area contributed by atoms with Gasteiger partial charge in [-0.1, -0.05) is 23.8 Å². The zero-order valence-corrected chi connectivity index (χ0v) is 17.2. The lowest BCUT2D eigenvalue weighted by Gasteiger charge is -2.15. The van der Waals surface area contributed by atoms with Gasteiger partial charge in [0.05, 0.1) is 16.8 Å². The standard InChI is InChI=1S/C21H21N3O4S/c1-13-8-9-14-15(12-13)20(27)24(19(14)26)11-10-18(25)22-16-6-4-5-7-17(16)29-21(28)23(2)3/h4-9,12H,10-11H2,1-3H3,(H,22,25). The first-order valence-corrected chi connectivity index (χ1v) is 9.84. The molecule has 1 N–H and O–H groups in total. The molecule has 2 aromatic rings. The lowest BCUT2D eigenvalue weighted by Crippen LogP contribution is -2.32. The van der Waals surface area contributed by atoms with Crippen molar-refractivity contribution < 1.29 is 19.2 Å². The molecule has 0 atom stereocenters. The Kier molecular flexibility index (Phi) is 6.03. The summed E-state index contributed by atoms with van der Waals surface area (Å²) in [5.41, 5.74) is 2.14. The van der Waals surface area contributed by atoms with Crippen LogP contribution in [0.3, 0.4) is 0 Å². The van der Waals surface area contributed by atoms with Gasteiger partial charge in [-0.15, -0.1) is 0 Å². The number of benzene rings is 2. The molecule has 8 heteroatoms. The minimum atomic E-state index is -0.384. The zero-order chi connectivity index (χ0) is 21.1. The molecule has 0 radical (unpaired) electrons. The van der Waals surface area contributed by atoms with E-state index in [9.17, 15) is 19.2 Å². The van der Waals surface area contributed by atoms with Crippen LogP contribution in [0.1, 0.15) is 32.7 Å². The SMILES string of the molecule is Cc1ccc2c(c1)C(=O)N(CCC(=O)Nc1ccccc1SC(=O)N(C)C)C2=O. The molecule has 0 fully saturated rings. The Hall–Kier alpha value is -3.13. The van der Waals surface area contributed by atoms with E-state index in [4.69, 9.17) is 0 Å². The van der Waals surface area contributed by atoms with Crippen molar-refractivity contribution in [1.29, 1.82) is 0 Å². The van der Waals surface area contributed by atoms with Crippen molar-refractivity contribution in [1.82, 2.24) is 9.80 Å². The van der Waals surface area contributed by atoms with E-state index in [0.29, 0.717) is 21.7 Å². The average Bonchev–Trinajstić information content (AvgIpc) is 2.91. The maximum absolute atomic E-state index is 12.5. The van der Waals surface area contributed by atoms with E-state index in [1.165, 1.54) is 4.90 Å². The van der Waals surface area contributed by atoms with Crippen LogP contribution in [0.2, 0.25) is 0 Å². The fourth-order valence-corrected chi connectivity index (χ4v) is 3.62. The average molecular weight is 411 g/mol. The van der Waals surface area contributed by atoms with Crippen molar-refractivity contribution in [2.45, 2.75) is 18.2 Å². The van der Waals surface area contributed by atoms with Crippen molar-refractivity contribution in [3.63, 3.8) is 0 Å².